The van der Waals surface area contributed by atoms with Crippen LogP contribution in [0.15, 0.2) is 48.5 Å². The molecule has 2 aromatic carbocycles. The van der Waals surface area contributed by atoms with E-state index in [1.807, 2.05) is 18.2 Å². The smallest absolute Gasteiger partial charge is 0.232 e. The van der Waals surface area contributed by atoms with E-state index >= 15 is 0 Å². The zero-order chi connectivity index (χ0) is 17.9. The Morgan fingerprint density at radius 2 is 1.85 bits per heavy atom. The summed E-state index contributed by atoms with van der Waals surface area (Å²) in [7, 11) is 0. The van der Waals surface area contributed by atoms with Crippen molar-refractivity contribution >= 4 is 17.3 Å². The van der Waals surface area contributed by atoms with Crippen LogP contribution in [0.3, 0.4) is 0 Å². The number of hydrogen-bond donors (Lipinski definition) is 1. The molecule has 1 saturated heterocycles. The number of ether oxygens (including phenoxy) is 1. The second-order valence-electron chi connectivity index (χ2n) is 7.01. The van der Waals surface area contributed by atoms with E-state index < -0.39 is 0 Å². The molecule has 1 aliphatic carbocycles. The van der Waals surface area contributed by atoms with Gasteiger partial charge in [-0.15, -0.1) is 0 Å². The minimum Gasteiger partial charge on any atom is -0.378 e. The monoisotopic (exact) mass is 354 g/mol. The van der Waals surface area contributed by atoms with Crippen molar-refractivity contribution in [3.05, 3.63) is 59.9 Å². The zero-order valence-corrected chi connectivity index (χ0v) is 14.7. The number of amides is 1. The highest BCUT2D eigenvalue weighted by Crippen LogP contribution is 2.43. The summed E-state index contributed by atoms with van der Waals surface area (Å²) in [5.41, 5.74) is 2.78. The van der Waals surface area contributed by atoms with Crippen LogP contribution in [0, 0.1) is 11.7 Å². The normalized spacial score (nSPS) is 18.4. The van der Waals surface area contributed by atoms with Crippen molar-refractivity contribution in [1.29, 1.82) is 0 Å². The number of anilines is 2. The first-order valence-corrected chi connectivity index (χ1v) is 9.20. The number of halogens is 1. The van der Waals surface area contributed by atoms with Crippen LogP contribution in [0.2, 0.25) is 0 Å². The molecule has 1 heterocycles. The van der Waals surface area contributed by atoms with Gasteiger partial charge in [-0.05, 0) is 54.7 Å². The van der Waals surface area contributed by atoms with Gasteiger partial charge < -0.3 is 15.0 Å². The van der Waals surface area contributed by atoms with Gasteiger partial charge in [0.15, 0.2) is 0 Å². The van der Waals surface area contributed by atoms with Gasteiger partial charge in [-0.2, -0.15) is 0 Å². The number of hydrogen-bond acceptors (Lipinski definition) is 3. The number of carbonyl (C=O) groups excluding carboxylic acids is 1. The Labute approximate surface area is 153 Å². The lowest BCUT2D eigenvalue weighted by atomic mass is 9.93. The van der Waals surface area contributed by atoms with Crippen LogP contribution in [0.1, 0.15) is 24.3 Å². The summed E-state index contributed by atoms with van der Waals surface area (Å²) in [4.78, 5) is 15.2. The number of carbonyl (C=O) groups is 1. The van der Waals surface area contributed by atoms with E-state index in [1.54, 1.807) is 12.1 Å². The van der Waals surface area contributed by atoms with Crippen molar-refractivity contribution in [2.24, 2.45) is 5.92 Å². The van der Waals surface area contributed by atoms with Crippen LogP contribution < -0.4 is 10.2 Å². The van der Waals surface area contributed by atoms with Crippen molar-refractivity contribution in [2.45, 2.75) is 18.8 Å². The third-order valence-electron chi connectivity index (χ3n) is 5.09. The first-order valence-electron chi connectivity index (χ1n) is 9.20. The van der Waals surface area contributed by atoms with Gasteiger partial charge in [-0.3, -0.25) is 4.79 Å². The fraction of sp³-hybridized carbons (Fsp3) is 0.381. The molecule has 1 unspecified atom stereocenters. The van der Waals surface area contributed by atoms with E-state index in [4.69, 9.17) is 4.74 Å². The van der Waals surface area contributed by atoms with Crippen molar-refractivity contribution in [3.8, 4) is 0 Å². The molecular weight excluding hydrogens is 331 g/mol. The van der Waals surface area contributed by atoms with Crippen molar-refractivity contribution in [2.75, 3.05) is 36.5 Å². The quantitative estimate of drug-likeness (QED) is 0.888. The largest absolute Gasteiger partial charge is 0.378 e. The predicted molar refractivity (Wildman–Crippen MR) is 100.0 cm³/mol. The van der Waals surface area contributed by atoms with E-state index in [0.717, 1.165) is 56.1 Å². The van der Waals surface area contributed by atoms with Crippen molar-refractivity contribution < 1.29 is 13.9 Å². The van der Waals surface area contributed by atoms with Gasteiger partial charge in [0.2, 0.25) is 5.91 Å². The van der Waals surface area contributed by atoms with Crippen LogP contribution in [0.25, 0.3) is 0 Å². The average Bonchev–Trinajstić information content (AvgIpc) is 3.49. The summed E-state index contributed by atoms with van der Waals surface area (Å²) in [6.45, 7) is 3.17. The van der Waals surface area contributed by atoms with Crippen LogP contribution in [0.4, 0.5) is 15.8 Å². The van der Waals surface area contributed by atoms with E-state index in [2.05, 4.69) is 16.3 Å². The third-order valence-corrected chi connectivity index (χ3v) is 5.09. The van der Waals surface area contributed by atoms with E-state index in [9.17, 15) is 9.18 Å². The van der Waals surface area contributed by atoms with E-state index in [0.29, 0.717) is 5.92 Å². The van der Waals surface area contributed by atoms with E-state index in [-0.39, 0.29) is 17.6 Å². The summed E-state index contributed by atoms with van der Waals surface area (Å²) in [6, 6.07) is 14.2. The van der Waals surface area contributed by atoms with Gasteiger partial charge in [0.05, 0.1) is 19.1 Å². The molecule has 136 valence electrons. The Balaban J connectivity index is 1.50. The molecule has 0 spiro atoms. The molecule has 0 bridgehead atoms. The number of nitrogens with one attached hydrogen (secondary N) is 1. The molecule has 2 aromatic rings. The Hall–Kier alpha value is -2.40. The summed E-state index contributed by atoms with van der Waals surface area (Å²) in [5.74, 6) is -0.161. The molecule has 4 nitrogen and oxygen atoms in total. The fourth-order valence-corrected chi connectivity index (χ4v) is 3.56. The number of benzene rings is 2. The lowest BCUT2D eigenvalue weighted by Gasteiger charge is -2.29. The highest BCUT2D eigenvalue weighted by Gasteiger charge is 2.37. The molecule has 1 amide bonds. The van der Waals surface area contributed by atoms with Gasteiger partial charge in [0.1, 0.15) is 5.82 Å². The first-order chi connectivity index (χ1) is 12.7. The summed E-state index contributed by atoms with van der Waals surface area (Å²) >= 11 is 0. The molecule has 0 radical (unpaired) electrons. The highest BCUT2D eigenvalue weighted by molar-refractivity contribution is 5.96. The molecule has 2 fully saturated rings. The zero-order valence-electron chi connectivity index (χ0n) is 14.7. The Morgan fingerprint density at radius 1 is 1.12 bits per heavy atom. The number of morpholine rings is 1. The molecule has 1 saturated carbocycles. The molecule has 1 N–H and O–H groups in total. The van der Waals surface area contributed by atoms with Gasteiger partial charge in [0, 0.05) is 24.5 Å². The fourth-order valence-electron chi connectivity index (χ4n) is 3.56. The van der Waals surface area contributed by atoms with E-state index in [1.165, 1.54) is 12.1 Å². The standard InChI is InChI=1S/C21H23FN2O2/c22-17-8-6-16(7-9-17)20(15-4-5-15)21(25)23-18-2-1-3-19(14-18)24-10-12-26-13-11-24/h1-3,6-9,14-15,20H,4-5,10-13H2,(H,23,25). The summed E-state index contributed by atoms with van der Waals surface area (Å²) in [5, 5.41) is 3.07. The van der Waals surface area contributed by atoms with Gasteiger partial charge in [-0.1, -0.05) is 18.2 Å². The second kappa shape index (κ2) is 7.46. The lowest BCUT2D eigenvalue weighted by Crippen LogP contribution is -2.36. The van der Waals surface area contributed by atoms with Crippen LogP contribution in [-0.4, -0.2) is 32.2 Å². The van der Waals surface area contributed by atoms with Gasteiger partial charge in [-0.25, -0.2) is 4.39 Å². The highest BCUT2D eigenvalue weighted by atomic mass is 19.1. The number of nitrogens with zero attached hydrogens (tertiary/aromatic N) is 1. The van der Waals surface area contributed by atoms with Crippen LogP contribution >= 0.6 is 0 Å². The average molecular weight is 354 g/mol. The van der Waals surface area contributed by atoms with Gasteiger partial charge in [0.25, 0.3) is 0 Å². The molecule has 26 heavy (non-hydrogen) atoms. The van der Waals surface area contributed by atoms with Crippen LogP contribution in [0.5, 0.6) is 0 Å². The Kier molecular flexibility index (Phi) is 4.89. The molecule has 5 heteroatoms. The Morgan fingerprint density at radius 3 is 2.54 bits per heavy atom. The molecule has 1 aliphatic heterocycles. The van der Waals surface area contributed by atoms with Gasteiger partial charge >= 0.3 is 0 Å². The minimum atomic E-state index is -0.276. The van der Waals surface area contributed by atoms with Crippen LogP contribution in [-0.2, 0) is 9.53 Å². The Bertz CT molecular complexity index is 768. The number of rotatable bonds is 5. The lowest BCUT2D eigenvalue weighted by molar-refractivity contribution is -0.118. The molecule has 1 atom stereocenters. The van der Waals surface area contributed by atoms with Crippen molar-refractivity contribution in [3.63, 3.8) is 0 Å². The third kappa shape index (κ3) is 3.88. The second-order valence-corrected chi connectivity index (χ2v) is 7.01. The maximum atomic E-state index is 13.2. The SMILES string of the molecule is O=C(Nc1cccc(N2CCOCC2)c1)C(c1ccc(F)cc1)C1CC1. The summed E-state index contributed by atoms with van der Waals surface area (Å²) in [6.07, 6.45) is 2.09. The maximum absolute atomic E-state index is 13.2. The summed E-state index contributed by atoms with van der Waals surface area (Å²) < 4.78 is 18.6. The topological polar surface area (TPSA) is 41.6 Å². The van der Waals surface area contributed by atoms with Crippen molar-refractivity contribution in [1.82, 2.24) is 0 Å². The predicted octanol–water partition coefficient (Wildman–Crippen LogP) is 3.79. The maximum Gasteiger partial charge on any atom is 0.232 e. The minimum absolute atomic E-state index is 0.0155. The molecular formula is C21H23FN2O2. The first kappa shape index (κ1) is 17.0. The molecule has 4 rings (SSSR count). The molecule has 2 aliphatic rings. The molecule has 0 aromatic heterocycles.